The maximum atomic E-state index is 12.4. The maximum absolute atomic E-state index is 12.4. The molecule has 0 aliphatic rings. The van der Waals surface area contributed by atoms with Gasteiger partial charge in [0.25, 0.3) is 0 Å². The average molecular weight is 427 g/mol. The van der Waals surface area contributed by atoms with Gasteiger partial charge in [-0.1, -0.05) is 74.5 Å². The predicted octanol–water partition coefficient (Wildman–Crippen LogP) is 4.49. The molecular weight excluding hydrogens is 396 g/mol. The number of nitriles is 1. The van der Waals surface area contributed by atoms with E-state index < -0.39 is 11.9 Å². The summed E-state index contributed by atoms with van der Waals surface area (Å²) in [5.41, 5.74) is 10.2. The molecule has 0 saturated carbocycles. The van der Waals surface area contributed by atoms with Crippen molar-refractivity contribution in [1.82, 2.24) is 9.88 Å². The van der Waals surface area contributed by atoms with Crippen LogP contribution in [0.5, 0.6) is 0 Å². The molecule has 3 aromatic rings. The molecule has 32 heavy (non-hydrogen) atoms. The first-order valence-corrected chi connectivity index (χ1v) is 10.9. The van der Waals surface area contributed by atoms with E-state index in [1.54, 1.807) is 6.20 Å². The first-order valence-electron chi connectivity index (χ1n) is 10.9. The summed E-state index contributed by atoms with van der Waals surface area (Å²) in [6.45, 7) is 4.23. The molecule has 1 amide bonds. The Balaban J connectivity index is 1.99. The molecule has 5 nitrogen and oxygen atoms in total. The van der Waals surface area contributed by atoms with E-state index in [0.717, 1.165) is 23.1 Å². The largest absolute Gasteiger partial charge is 0.368 e. The quantitative estimate of drug-likeness (QED) is 0.484. The van der Waals surface area contributed by atoms with Crippen LogP contribution >= 0.6 is 0 Å². The van der Waals surface area contributed by atoms with Gasteiger partial charge in [-0.15, -0.1) is 0 Å². The van der Waals surface area contributed by atoms with Crippen LogP contribution in [0.1, 0.15) is 48.6 Å². The molecule has 0 saturated heterocycles. The molecule has 0 fully saturated rings. The van der Waals surface area contributed by atoms with Gasteiger partial charge < -0.3 is 5.73 Å². The number of hydrogen-bond acceptors (Lipinski definition) is 4. The van der Waals surface area contributed by atoms with Crippen molar-refractivity contribution in [2.45, 2.75) is 38.8 Å². The van der Waals surface area contributed by atoms with Crippen LogP contribution in [-0.2, 0) is 11.2 Å². The van der Waals surface area contributed by atoms with Gasteiger partial charge in [0.1, 0.15) is 0 Å². The summed E-state index contributed by atoms with van der Waals surface area (Å²) in [7, 11) is 0. The average Bonchev–Trinajstić information content (AvgIpc) is 2.79. The van der Waals surface area contributed by atoms with E-state index in [-0.39, 0.29) is 18.5 Å². The highest BCUT2D eigenvalue weighted by atomic mass is 16.1. The summed E-state index contributed by atoms with van der Waals surface area (Å²) in [6.07, 6.45) is 5.04. The molecule has 0 radical (unpaired) electrons. The smallest absolute Gasteiger partial charge is 0.234 e. The van der Waals surface area contributed by atoms with Gasteiger partial charge in [-0.3, -0.25) is 14.7 Å². The zero-order valence-corrected chi connectivity index (χ0v) is 18.7. The first kappa shape index (κ1) is 23.2. The molecular formula is C27H30N4O. The molecule has 3 rings (SSSR count). The SMILES string of the molecule is CC(C)C[C@@H](C(N)=O)N(CC#N)C(c1ccccc1)c1ccc(Cc2cccnc2)cc1. The topological polar surface area (TPSA) is 83.0 Å². The van der Waals surface area contributed by atoms with Gasteiger partial charge in [-0.05, 0) is 47.1 Å². The minimum absolute atomic E-state index is 0.108. The van der Waals surface area contributed by atoms with E-state index in [9.17, 15) is 10.1 Å². The lowest BCUT2D eigenvalue weighted by molar-refractivity contribution is -0.124. The zero-order chi connectivity index (χ0) is 22.9. The van der Waals surface area contributed by atoms with Crippen LogP contribution in [0, 0.1) is 17.2 Å². The second-order valence-electron chi connectivity index (χ2n) is 8.47. The fraction of sp³-hybridized carbons (Fsp3) is 0.296. The van der Waals surface area contributed by atoms with E-state index in [1.165, 1.54) is 5.56 Å². The highest BCUT2D eigenvalue weighted by Crippen LogP contribution is 2.32. The van der Waals surface area contributed by atoms with Crippen molar-refractivity contribution < 1.29 is 4.79 Å². The molecule has 2 aromatic carbocycles. The Morgan fingerprint density at radius 3 is 2.25 bits per heavy atom. The molecule has 0 bridgehead atoms. The zero-order valence-electron chi connectivity index (χ0n) is 18.7. The van der Waals surface area contributed by atoms with Crippen LogP contribution < -0.4 is 5.73 Å². The summed E-state index contributed by atoms with van der Waals surface area (Å²) in [4.78, 5) is 18.6. The summed E-state index contributed by atoms with van der Waals surface area (Å²) < 4.78 is 0. The van der Waals surface area contributed by atoms with Crippen LogP contribution in [0.3, 0.4) is 0 Å². The fourth-order valence-electron chi connectivity index (χ4n) is 4.09. The maximum Gasteiger partial charge on any atom is 0.234 e. The van der Waals surface area contributed by atoms with Gasteiger partial charge >= 0.3 is 0 Å². The molecule has 1 unspecified atom stereocenters. The fourth-order valence-corrected chi connectivity index (χ4v) is 4.09. The standard InChI is InChI=1S/C27H30N4O/c1-20(2)17-25(27(29)32)31(16-14-28)26(23-8-4-3-5-9-23)24-12-10-21(11-13-24)18-22-7-6-15-30-19-22/h3-13,15,19-20,25-26H,16-18H2,1-2H3,(H2,29,32)/t25-,26?/m0/s1. The first-order chi connectivity index (χ1) is 15.5. The molecule has 164 valence electrons. The number of carbonyl (C=O) groups excluding carboxylic acids is 1. The number of rotatable bonds is 10. The summed E-state index contributed by atoms with van der Waals surface area (Å²) >= 11 is 0. The molecule has 2 atom stereocenters. The van der Waals surface area contributed by atoms with Gasteiger partial charge in [-0.25, -0.2) is 0 Å². The van der Waals surface area contributed by atoms with E-state index >= 15 is 0 Å². The summed E-state index contributed by atoms with van der Waals surface area (Å²) in [6, 6.07) is 23.8. The van der Waals surface area contributed by atoms with E-state index in [1.807, 2.05) is 47.5 Å². The van der Waals surface area contributed by atoms with Crippen LogP contribution in [0.25, 0.3) is 0 Å². The lowest BCUT2D eigenvalue weighted by atomic mass is 9.92. The van der Waals surface area contributed by atoms with Crippen molar-refractivity contribution in [3.05, 3.63) is 101 Å². The number of nitrogens with two attached hydrogens (primary N) is 1. The van der Waals surface area contributed by atoms with Gasteiger partial charge in [0, 0.05) is 12.4 Å². The lowest BCUT2D eigenvalue weighted by Crippen LogP contribution is -2.47. The van der Waals surface area contributed by atoms with Gasteiger partial charge in [-0.2, -0.15) is 5.26 Å². The number of carbonyl (C=O) groups is 1. The third-order valence-corrected chi connectivity index (χ3v) is 5.55. The lowest BCUT2D eigenvalue weighted by Gasteiger charge is -2.36. The minimum atomic E-state index is -0.532. The van der Waals surface area contributed by atoms with Crippen molar-refractivity contribution in [1.29, 1.82) is 5.26 Å². The molecule has 2 N–H and O–H groups in total. The Kier molecular flexibility index (Phi) is 8.13. The van der Waals surface area contributed by atoms with Crippen molar-refractivity contribution in [3.63, 3.8) is 0 Å². The molecule has 0 aliphatic carbocycles. The van der Waals surface area contributed by atoms with Gasteiger partial charge in [0.15, 0.2) is 0 Å². The monoisotopic (exact) mass is 426 g/mol. The Labute approximate surface area is 190 Å². The molecule has 1 heterocycles. The Hall–Kier alpha value is -3.49. The van der Waals surface area contributed by atoms with Crippen molar-refractivity contribution in [3.8, 4) is 6.07 Å². The molecule has 0 spiro atoms. The number of aromatic nitrogens is 1. The van der Waals surface area contributed by atoms with Crippen LogP contribution in [0.2, 0.25) is 0 Å². The third kappa shape index (κ3) is 6.03. The predicted molar refractivity (Wildman–Crippen MR) is 127 cm³/mol. The summed E-state index contributed by atoms with van der Waals surface area (Å²) in [5, 5.41) is 9.60. The van der Waals surface area contributed by atoms with Gasteiger partial charge in [0.2, 0.25) is 5.91 Å². The van der Waals surface area contributed by atoms with E-state index in [4.69, 9.17) is 5.73 Å². The van der Waals surface area contributed by atoms with Crippen molar-refractivity contribution in [2.75, 3.05) is 6.54 Å². The van der Waals surface area contributed by atoms with Crippen LogP contribution in [-0.4, -0.2) is 28.4 Å². The molecule has 5 heteroatoms. The highest BCUT2D eigenvalue weighted by molar-refractivity contribution is 5.80. The number of primary amides is 1. The van der Waals surface area contributed by atoms with Gasteiger partial charge in [0.05, 0.1) is 24.7 Å². The Bertz CT molecular complexity index is 1030. The van der Waals surface area contributed by atoms with E-state index in [2.05, 4.69) is 55.2 Å². The number of hydrogen-bond donors (Lipinski definition) is 1. The number of amides is 1. The minimum Gasteiger partial charge on any atom is -0.368 e. The van der Waals surface area contributed by atoms with Crippen LogP contribution in [0.15, 0.2) is 79.1 Å². The van der Waals surface area contributed by atoms with Crippen molar-refractivity contribution >= 4 is 5.91 Å². The number of pyridine rings is 1. The number of benzene rings is 2. The Morgan fingerprint density at radius 1 is 1.00 bits per heavy atom. The van der Waals surface area contributed by atoms with Crippen molar-refractivity contribution in [2.24, 2.45) is 11.7 Å². The molecule has 1 aromatic heterocycles. The second-order valence-corrected chi connectivity index (χ2v) is 8.47. The highest BCUT2D eigenvalue weighted by Gasteiger charge is 2.32. The Morgan fingerprint density at radius 2 is 1.69 bits per heavy atom. The number of nitrogens with zero attached hydrogens (tertiary/aromatic N) is 3. The second kappa shape index (κ2) is 11.2. The normalized spacial score (nSPS) is 13.0. The van der Waals surface area contributed by atoms with E-state index in [0.29, 0.717) is 6.42 Å². The van der Waals surface area contributed by atoms with Crippen LogP contribution in [0.4, 0.5) is 0 Å². The summed E-state index contributed by atoms with van der Waals surface area (Å²) in [5.74, 6) is -0.130. The third-order valence-electron chi connectivity index (χ3n) is 5.55. The molecule has 0 aliphatic heterocycles.